The van der Waals surface area contributed by atoms with Crippen LogP contribution >= 0.6 is 0 Å². The first kappa shape index (κ1) is 29.5. The Hall–Kier alpha value is -4.06. The number of aldehydes is 1. The fourth-order valence-electron chi connectivity index (χ4n) is 4.23. The van der Waals surface area contributed by atoms with Gasteiger partial charge in [-0.2, -0.15) is 13.2 Å². The molecule has 1 amide bonds. The summed E-state index contributed by atoms with van der Waals surface area (Å²) in [5.41, 5.74) is -0.607. The summed E-state index contributed by atoms with van der Waals surface area (Å²) in [6, 6.07) is 6.13. The standard InChI is InChI=1S/C27H30F3N5O4/c1-19(10-24(14-33-18-32)38-22-4-2-3-20(11-22)15-36)9-21(27(28,29)30)12-23(13-31)39-25(37)35-7-5-26(6-8-35)16-34-17-26/h2-4,9-15,18-19,31-32,34H,5-8,16-17H2,1H3/b21-9?,23-12+,24-10+,31-13?,32-18?,33-14?. The molecule has 2 heterocycles. The second-order valence-corrected chi connectivity index (χ2v) is 9.40. The molecule has 3 rings (SSSR count). The molecule has 0 aromatic heterocycles. The summed E-state index contributed by atoms with van der Waals surface area (Å²) in [6.45, 7) is 4.12. The third-order valence-corrected chi connectivity index (χ3v) is 6.43. The average molecular weight is 546 g/mol. The molecule has 2 fully saturated rings. The fourth-order valence-corrected chi connectivity index (χ4v) is 4.23. The number of nitrogens with one attached hydrogen (secondary N) is 3. The lowest BCUT2D eigenvalue weighted by Crippen LogP contribution is -2.58. The van der Waals surface area contributed by atoms with Crippen molar-refractivity contribution in [2.45, 2.75) is 25.9 Å². The van der Waals surface area contributed by atoms with Crippen LogP contribution in [-0.2, 0) is 4.74 Å². The lowest BCUT2D eigenvalue weighted by Gasteiger charge is -2.48. The molecule has 0 bridgehead atoms. The number of rotatable bonds is 10. The van der Waals surface area contributed by atoms with Gasteiger partial charge >= 0.3 is 12.3 Å². The molecule has 9 nitrogen and oxygen atoms in total. The highest BCUT2D eigenvalue weighted by atomic mass is 19.4. The second-order valence-electron chi connectivity index (χ2n) is 9.40. The number of hydrogen-bond acceptors (Lipinski definition) is 7. The van der Waals surface area contributed by atoms with Gasteiger partial charge in [-0.1, -0.05) is 25.1 Å². The number of halogens is 3. The molecule has 3 N–H and O–H groups in total. The molecule has 0 saturated carbocycles. The van der Waals surface area contributed by atoms with E-state index in [1.165, 1.54) is 24.0 Å². The Kier molecular flexibility index (Phi) is 9.94. The lowest BCUT2D eigenvalue weighted by atomic mass is 9.73. The third-order valence-electron chi connectivity index (χ3n) is 6.43. The van der Waals surface area contributed by atoms with Crippen LogP contribution in [0.25, 0.3) is 0 Å². The molecule has 2 aliphatic heterocycles. The van der Waals surface area contributed by atoms with Crippen LogP contribution in [0.1, 0.15) is 30.1 Å². The van der Waals surface area contributed by atoms with E-state index in [-0.39, 0.29) is 16.9 Å². The van der Waals surface area contributed by atoms with Gasteiger partial charge in [0.05, 0.1) is 18.0 Å². The van der Waals surface area contributed by atoms with E-state index < -0.39 is 29.5 Å². The van der Waals surface area contributed by atoms with Gasteiger partial charge in [0.15, 0.2) is 5.76 Å². The number of benzene rings is 1. The molecule has 1 spiro atoms. The van der Waals surface area contributed by atoms with E-state index >= 15 is 0 Å². The average Bonchev–Trinajstić information content (AvgIpc) is 2.89. The number of piperidine rings is 1. The van der Waals surface area contributed by atoms with Crippen LogP contribution in [0.3, 0.4) is 0 Å². The number of aliphatic imine (C=N–C) groups is 1. The number of nitrogens with zero attached hydrogens (tertiary/aromatic N) is 2. The van der Waals surface area contributed by atoms with E-state index in [0.29, 0.717) is 37.2 Å². The van der Waals surface area contributed by atoms with Crippen molar-refractivity contribution in [3.63, 3.8) is 0 Å². The molecule has 0 radical (unpaired) electrons. The first-order chi connectivity index (χ1) is 18.6. The van der Waals surface area contributed by atoms with Gasteiger partial charge in [0.25, 0.3) is 0 Å². The van der Waals surface area contributed by atoms with Crippen molar-refractivity contribution < 1.29 is 32.2 Å². The Balaban J connectivity index is 1.78. The zero-order valence-electron chi connectivity index (χ0n) is 21.3. The number of alkyl halides is 3. The van der Waals surface area contributed by atoms with Gasteiger partial charge in [-0.3, -0.25) is 10.2 Å². The molecule has 1 aromatic rings. The van der Waals surface area contributed by atoms with E-state index in [2.05, 4.69) is 10.3 Å². The lowest BCUT2D eigenvalue weighted by molar-refractivity contribution is -0.0888. The number of allylic oxidation sites excluding steroid dienone is 6. The summed E-state index contributed by atoms with van der Waals surface area (Å²) in [5.74, 6) is -1.11. The summed E-state index contributed by atoms with van der Waals surface area (Å²) < 4.78 is 52.4. The summed E-state index contributed by atoms with van der Waals surface area (Å²) in [6.07, 6.45) is 1.86. The van der Waals surface area contributed by atoms with Gasteiger partial charge in [0, 0.05) is 31.7 Å². The van der Waals surface area contributed by atoms with Crippen molar-refractivity contribution in [1.82, 2.24) is 10.2 Å². The van der Waals surface area contributed by atoms with Gasteiger partial charge in [0.1, 0.15) is 24.1 Å². The van der Waals surface area contributed by atoms with Crippen molar-refractivity contribution in [2.24, 2.45) is 16.3 Å². The number of carbonyl (C=O) groups is 2. The Morgan fingerprint density at radius 1 is 1.18 bits per heavy atom. The minimum atomic E-state index is -4.81. The van der Waals surface area contributed by atoms with E-state index in [9.17, 15) is 22.8 Å². The predicted octanol–water partition coefficient (Wildman–Crippen LogP) is 4.92. The largest absolute Gasteiger partial charge is 0.456 e. The summed E-state index contributed by atoms with van der Waals surface area (Å²) >= 11 is 0. The Labute approximate surface area is 224 Å². The van der Waals surface area contributed by atoms with E-state index in [1.54, 1.807) is 18.2 Å². The van der Waals surface area contributed by atoms with Crippen LogP contribution in [0.4, 0.5) is 18.0 Å². The molecular weight excluding hydrogens is 515 g/mol. The molecule has 0 aliphatic carbocycles. The monoisotopic (exact) mass is 545 g/mol. The van der Waals surface area contributed by atoms with Gasteiger partial charge in [-0.25, -0.2) is 9.79 Å². The number of carbonyl (C=O) groups excluding carboxylic acids is 2. The van der Waals surface area contributed by atoms with Crippen molar-refractivity contribution in [1.29, 1.82) is 10.8 Å². The molecule has 2 saturated heterocycles. The minimum absolute atomic E-state index is 0.0408. The molecule has 1 unspecified atom stereocenters. The molecular formula is C27H30F3N5O4. The number of ether oxygens (including phenoxy) is 2. The van der Waals surface area contributed by atoms with Crippen molar-refractivity contribution in [2.75, 3.05) is 26.2 Å². The Morgan fingerprint density at radius 2 is 1.90 bits per heavy atom. The highest BCUT2D eigenvalue weighted by Crippen LogP contribution is 2.35. The molecule has 1 atom stereocenters. The maximum atomic E-state index is 13.9. The predicted molar refractivity (Wildman–Crippen MR) is 141 cm³/mol. The van der Waals surface area contributed by atoms with Crippen LogP contribution in [0, 0.1) is 22.2 Å². The van der Waals surface area contributed by atoms with Crippen molar-refractivity contribution >= 4 is 31.1 Å². The van der Waals surface area contributed by atoms with Crippen molar-refractivity contribution in [3.8, 4) is 5.75 Å². The normalized spacial score (nSPS) is 18.9. The van der Waals surface area contributed by atoms with Crippen molar-refractivity contribution in [3.05, 3.63) is 65.1 Å². The summed E-state index contributed by atoms with van der Waals surface area (Å²) in [7, 11) is 0. The second kappa shape index (κ2) is 13.1. The van der Waals surface area contributed by atoms with Crippen LogP contribution in [0.2, 0.25) is 0 Å². The number of amides is 1. The third kappa shape index (κ3) is 8.47. The quantitative estimate of drug-likeness (QED) is 0.126. The molecule has 208 valence electrons. The maximum absolute atomic E-state index is 13.9. The smallest absolute Gasteiger partial charge is 0.416 e. The van der Waals surface area contributed by atoms with Gasteiger partial charge < -0.3 is 25.1 Å². The van der Waals surface area contributed by atoms with Gasteiger partial charge in [-0.05, 0) is 48.5 Å². The molecule has 2 aliphatic rings. The van der Waals surface area contributed by atoms with Crippen LogP contribution in [-0.4, -0.2) is 68.4 Å². The highest BCUT2D eigenvalue weighted by Gasteiger charge is 2.41. The minimum Gasteiger partial charge on any atom is -0.456 e. The molecule has 12 heteroatoms. The fraction of sp³-hybridized carbons (Fsp3) is 0.370. The van der Waals surface area contributed by atoms with Gasteiger partial charge in [-0.15, -0.1) is 0 Å². The first-order valence-electron chi connectivity index (χ1n) is 12.2. The summed E-state index contributed by atoms with van der Waals surface area (Å²) in [5, 5.41) is 17.8. The molecule has 39 heavy (non-hydrogen) atoms. The Bertz CT molecular complexity index is 1190. The van der Waals surface area contributed by atoms with Crippen LogP contribution in [0.5, 0.6) is 5.75 Å². The zero-order valence-corrected chi connectivity index (χ0v) is 21.3. The Morgan fingerprint density at radius 3 is 2.46 bits per heavy atom. The summed E-state index contributed by atoms with van der Waals surface area (Å²) in [4.78, 5) is 28.7. The highest BCUT2D eigenvalue weighted by molar-refractivity contribution is 5.83. The topological polar surface area (TPSA) is 128 Å². The van der Waals surface area contributed by atoms with Crippen LogP contribution in [0.15, 0.2) is 64.6 Å². The van der Waals surface area contributed by atoms with Crippen LogP contribution < -0.4 is 10.1 Å². The number of hydrogen-bond donors (Lipinski definition) is 3. The molecule has 1 aromatic carbocycles. The van der Waals surface area contributed by atoms with E-state index in [4.69, 9.17) is 20.3 Å². The van der Waals surface area contributed by atoms with E-state index in [1.807, 2.05) is 0 Å². The number of likely N-dealkylation sites (tertiary alicyclic amines) is 1. The zero-order chi connectivity index (χ0) is 28.5. The maximum Gasteiger partial charge on any atom is 0.416 e. The SMILES string of the molecule is CC(C=C(/C=C(\C=N)OC(=O)N1CCC2(CC1)CNC2)C(F)(F)F)/C=C(\C=NC=N)Oc1cccc(C=O)c1. The van der Waals surface area contributed by atoms with E-state index in [0.717, 1.165) is 44.6 Å². The first-order valence-corrected chi connectivity index (χ1v) is 12.2. The van der Waals surface area contributed by atoms with Gasteiger partial charge in [0.2, 0.25) is 0 Å².